The number of nitrogens with one attached hydrogen (secondary N) is 1. The molecule has 72 valence electrons. The third kappa shape index (κ3) is 3.25. The second-order valence-corrected chi connectivity index (χ2v) is 2.88. The average molecular weight is 183 g/mol. The Morgan fingerprint density at radius 3 is 3.00 bits per heavy atom. The average Bonchev–Trinajstić information content (AvgIpc) is 2.55. The molecule has 0 aliphatic heterocycles. The van der Waals surface area contributed by atoms with E-state index in [9.17, 15) is 4.79 Å². The van der Waals surface area contributed by atoms with Gasteiger partial charge in [0.2, 0.25) is 5.82 Å². The predicted molar refractivity (Wildman–Crippen MR) is 47.4 cm³/mol. The Bertz CT molecular complexity index is 256. The van der Waals surface area contributed by atoms with Crippen LogP contribution in [0.25, 0.3) is 0 Å². The molecular formula is C8H13N3O2. The summed E-state index contributed by atoms with van der Waals surface area (Å²) in [6.07, 6.45) is 3.10. The molecule has 13 heavy (non-hydrogen) atoms. The third-order valence-corrected chi connectivity index (χ3v) is 1.46. The molecule has 0 spiro atoms. The van der Waals surface area contributed by atoms with Crippen LogP contribution in [0.3, 0.4) is 0 Å². The van der Waals surface area contributed by atoms with Crippen molar-refractivity contribution in [2.24, 2.45) is 0 Å². The van der Waals surface area contributed by atoms with Crippen LogP contribution >= 0.6 is 0 Å². The number of likely N-dealkylation sites (N-methyl/N-ethyl adjacent to an activating group) is 1. The minimum atomic E-state index is -0.410. The highest BCUT2D eigenvalue weighted by molar-refractivity contribution is 5.85. The quantitative estimate of drug-likeness (QED) is 0.674. The fraction of sp³-hybridized carbons (Fsp3) is 0.500. The van der Waals surface area contributed by atoms with Crippen LogP contribution in [-0.4, -0.2) is 48.1 Å². The van der Waals surface area contributed by atoms with Gasteiger partial charge in [0.25, 0.3) is 0 Å². The lowest BCUT2D eigenvalue weighted by Gasteiger charge is -2.08. The smallest absolute Gasteiger partial charge is 0.374 e. The maximum atomic E-state index is 11.2. The van der Waals surface area contributed by atoms with Crippen LogP contribution in [0.15, 0.2) is 12.4 Å². The van der Waals surface area contributed by atoms with E-state index in [0.29, 0.717) is 13.2 Å². The molecule has 0 bridgehead atoms. The van der Waals surface area contributed by atoms with E-state index in [-0.39, 0.29) is 5.82 Å². The van der Waals surface area contributed by atoms with Crippen molar-refractivity contribution >= 4 is 5.97 Å². The van der Waals surface area contributed by atoms with Crippen LogP contribution in [0.2, 0.25) is 0 Å². The van der Waals surface area contributed by atoms with Crippen molar-refractivity contribution < 1.29 is 9.53 Å². The van der Waals surface area contributed by atoms with Gasteiger partial charge in [0.15, 0.2) is 0 Å². The molecule has 1 aromatic rings. The van der Waals surface area contributed by atoms with Crippen LogP contribution in [0, 0.1) is 0 Å². The summed E-state index contributed by atoms with van der Waals surface area (Å²) in [6.45, 7) is 1.10. The maximum absolute atomic E-state index is 11.2. The van der Waals surface area contributed by atoms with Crippen LogP contribution in [-0.2, 0) is 4.74 Å². The molecule has 0 fully saturated rings. The molecule has 0 radical (unpaired) electrons. The van der Waals surface area contributed by atoms with Crippen molar-refractivity contribution in [3.63, 3.8) is 0 Å². The largest absolute Gasteiger partial charge is 0.458 e. The second-order valence-electron chi connectivity index (χ2n) is 2.88. The Kier molecular flexibility index (Phi) is 3.45. The molecule has 1 aromatic heterocycles. The van der Waals surface area contributed by atoms with E-state index in [1.54, 1.807) is 6.20 Å². The molecule has 5 nitrogen and oxygen atoms in total. The first-order valence-electron chi connectivity index (χ1n) is 4.01. The molecule has 0 unspecified atom stereocenters. The zero-order chi connectivity index (χ0) is 9.68. The van der Waals surface area contributed by atoms with Gasteiger partial charge in [-0.15, -0.1) is 0 Å². The number of carbonyl (C=O) groups excluding carboxylic acids is 1. The van der Waals surface area contributed by atoms with E-state index < -0.39 is 5.97 Å². The number of hydrogen-bond acceptors (Lipinski definition) is 4. The van der Waals surface area contributed by atoms with Gasteiger partial charge in [0.1, 0.15) is 6.61 Å². The summed E-state index contributed by atoms with van der Waals surface area (Å²) in [5, 5.41) is 0. The summed E-state index contributed by atoms with van der Waals surface area (Å²) in [7, 11) is 3.83. The molecule has 5 heteroatoms. The summed E-state index contributed by atoms with van der Waals surface area (Å²) in [6, 6.07) is 0. The lowest BCUT2D eigenvalue weighted by Crippen LogP contribution is -2.20. The minimum Gasteiger partial charge on any atom is -0.458 e. The lowest BCUT2D eigenvalue weighted by molar-refractivity contribution is 0.0469. The summed E-state index contributed by atoms with van der Waals surface area (Å²) in [5.41, 5.74) is 0. The first-order chi connectivity index (χ1) is 6.20. The summed E-state index contributed by atoms with van der Waals surface area (Å²) in [4.78, 5) is 19.5. The van der Waals surface area contributed by atoms with Gasteiger partial charge in [0.05, 0.1) is 0 Å². The predicted octanol–water partition coefficient (Wildman–Crippen LogP) is 0.128. The van der Waals surface area contributed by atoms with Gasteiger partial charge < -0.3 is 14.6 Å². The number of rotatable bonds is 4. The number of ether oxygens (including phenoxy) is 1. The van der Waals surface area contributed by atoms with E-state index >= 15 is 0 Å². The third-order valence-electron chi connectivity index (χ3n) is 1.46. The summed E-state index contributed by atoms with van der Waals surface area (Å²) >= 11 is 0. The van der Waals surface area contributed by atoms with Crippen molar-refractivity contribution in [1.82, 2.24) is 14.9 Å². The standard InChI is InChI=1S/C8H13N3O2/c1-11(2)5-6-13-8(12)7-9-3-4-10-7/h3-4H,5-6H2,1-2H3,(H,9,10). The van der Waals surface area contributed by atoms with Crippen molar-refractivity contribution in [1.29, 1.82) is 0 Å². The Balaban J connectivity index is 2.27. The second kappa shape index (κ2) is 4.61. The lowest BCUT2D eigenvalue weighted by atomic mass is 10.6. The van der Waals surface area contributed by atoms with Gasteiger partial charge >= 0.3 is 5.97 Å². The first kappa shape index (κ1) is 9.73. The van der Waals surface area contributed by atoms with Crippen molar-refractivity contribution in [2.45, 2.75) is 0 Å². The Hall–Kier alpha value is -1.36. The molecule has 1 N–H and O–H groups in total. The van der Waals surface area contributed by atoms with Gasteiger partial charge in [-0.2, -0.15) is 0 Å². The number of aromatic amines is 1. The SMILES string of the molecule is CN(C)CCOC(=O)c1ncc[nH]1. The highest BCUT2D eigenvalue weighted by atomic mass is 16.5. The van der Waals surface area contributed by atoms with Crippen LogP contribution in [0.4, 0.5) is 0 Å². The van der Waals surface area contributed by atoms with Crippen molar-refractivity contribution in [3.8, 4) is 0 Å². The number of hydrogen-bond donors (Lipinski definition) is 1. The molecule has 0 saturated heterocycles. The van der Waals surface area contributed by atoms with E-state index in [1.165, 1.54) is 6.20 Å². The highest BCUT2D eigenvalue weighted by Gasteiger charge is 2.08. The molecule has 0 aromatic carbocycles. The van der Waals surface area contributed by atoms with Gasteiger partial charge in [-0.05, 0) is 14.1 Å². The molecule has 0 saturated carbocycles. The fourth-order valence-electron chi connectivity index (χ4n) is 0.766. The number of aromatic nitrogens is 2. The van der Waals surface area contributed by atoms with E-state index in [4.69, 9.17) is 4.74 Å². The molecule has 0 aliphatic rings. The van der Waals surface area contributed by atoms with Gasteiger partial charge in [0, 0.05) is 18.9 Å². The van der Waals surface area contributed by atoms with E-state index in [2.05, 4.69) is 9.97 Å². The monoisotopic (exact) mass is 183 g/mol. The Morgan fingerprint density at radius 2 is 2.46 bits per heavy atom. The topological polar surface area (TPSA) is 58.2 Å². The zero-order valence-corrected chi connectivity index (χ0v) is 7.78. The summed E-state index contributed by atoms with van der Waals surface area (Å²) < 4.78 is 4.92. The molecule has 1 heterocycles. The van der Waals surface area contributed by atoms with E-state index in [0.717, 1.165) is 0 Å². The summed E-state index contributed by atoms with van der Waals surface area (Å²) in [5.74, 6) is -0.161. The maximum Gasteiger partial charge on any atom is 0.374 e. The number of imidazole rings is 1. The van der Waals surface area contributed by atoms with Gasteiger partial charge in [-0.1, -0.05) is 0 Å². The van der Waals surface area contributed by atoms with E-state index in [1.807, 2.05) is 19.0 Å². The number of nitrogens with zero attached hydrogens (tertiary/aromatic N) is 2. The Morgan fingerprint density at radius 1 is 1.69 bits per heavy atom. The normalized spacial score (nSPS) is 10.4. The first-order valence-corrected chi connectivity index (χ1v) is 4.01. The number of H-pyrrole nitrogens is 1. The van der Waals surface area contributed by atoms with Gasteiger partial charge in [-0.3, -0.25) is 0 Å². The number of carbonyl (C=O) groups is 1. The van der Waals surface area contributed by atoms with Crippen LogP contribution < -0.4 is 0 Å². The van der Waals surface area contributed by atoms with Crippen LogP contribution in [0.1, 0.15) is 10.6 Å². The molecule has 1 rings (SSSR count). The van der Waals surface area contributed by atoms with Gasteiger partial charge in [-0.25, -0.2) is 9.78 Å². The minimum absolute atomic E-state index is 0.249. The van der Waals surface area contributed by atoms with Crippen LogP contribution in [0.5, 0.6) is 0 Å². The molecule has 0 atom stereocenters. The molecular weight excluding hydrogens is 170 g/mol. The highest BCUT2D eigenvalue weighted by Crippen LogP contribution is 1.92. The fourth-order valence-corrected chi connectivity index (χ4v) is 0.766. The molecule has 0 aliphatic carbocycles. The Labute approximate surface area is 76.7 Å². The zero-order valence-electron chi connectivity index (χ0n) is 7.78. The van der Waals surface area contributed by atoms with Crippen molar-refractivity contribution in [3.05, 3.63) is 18.2 Å². The molecule has 0 amide bonds. The number of esters is 1. The van der Waals surface area contributed by atoms with Crippen molar-refractivity contribution in [2.75, 3.05) is 27.2 Å².